The fourth-order valence-corrected chi connectivity index (χ4v) is 3.01. The van der Waals surface area contributed by atoms with Crippen molar-refractivity contribution in [2.45, 2.75) is 26.2 Å². The third-order valence-corrected chi connectivity index (χ3v) is 4.29. The number of aromatic nitrogens is 2. The monoisotopic (exact) mass is 328 g/mol. The molecule has 0 atom stereocenters. The summed E-state index contributed by atoms with van der Waals surface area (Å²) < 4.78 is 1.92. The van der Waals surface area contributed by atoms with Crippen molar-refractivity contribution in [3.63, 3.8) is 0 Å². The molecule has 0 aliphatic heterocycles. The molecule has 0 saturated carbocycles. The molecule has 1 aliphatic carbocycles. The minimum atomic E-state index is -0.265. The minimum Gasteiger partial charge on any atom is -0.307 e. The molecule has 1 N–H and O–H groups in total. The molecule has 0 radical (unpaired) electrons. The first-order valence-corrected chi connectivity index (χ1v) is 8.31. The molecule has 6 heteroatoms. The minimum absolute atomic E-state index is 0.265. The lowest BCUT2D eigenvalue weighted by atomic mass is 10.2. The first-order valence-electron chi connectivity index (χ1n) is 8.31. The molecule has 1 amide bonds. The van der Waals surface area contributed by atoms with E-state index in [9.17, 15) is 4.79 Å². The van der Waals surface area contributed by atoms with E-state index in [0.717, 1.165) is 48.3 Å². The number of hydrogen-bond acceptors (Lipinski definition) is 4. The number of rotatable bonds is 6. The number of fused-ring (bicyclic) bond motifs is 1. The normalized spacial score (nSPS) is 13.3. The zero-order valence-electron chi connectivity index (χ0n) is 14.5. The van der Waals surface area contributed by atoms with Gasteiger partial charge in [0, 0.05) is 17.8 Å². The van der Waals surface area contributed by atoms with E-state index in [1.807, 2.05) is 41.9 Å². The topological polar surface area (TPSA) is 59.4 Å². The Morgan fingerprint density at radius 2 is 2.12 bits per heavy atom. The second-order valence-electron chi connectivity index (χ2n) is 6.41. The fourth-order valence-electron chi connectivity index (χ4n) is 3.01. The third-order valence-electron chi connectivity index (χ3n) is 4.29. The number of carbonyl (C=O) groups excluding carboxylic acids is 1. The quantitative estimate of drug-likeness (QED) is 0.650. The van der Waals surface area contributed by atoms with Crippen LogP contribution in [0.5, 0.6) is 0 Å². The smallest absolute Gasteiger partial charge is 0.295 e. The van der Waals surface area contributed by atoms with Crippen LogP contribution in [0.1, 0.15) is 33.7 Å². The van der Waals surface area contributed by atoms with Gasteiger partial charge in [-0.1, -0.05) is 18.2 Å². The van der Waals surface area contributed by atoms with Crippen LogP contribution in [0.2, 0.25) is 0 Å². The maximum Gasteiger partial charge on any atom is 0.295 e. The van der Waals surface area contributed by atoms with Gasteiger partial charge < -0.3 is 4.90 Å². The van der Waals surface area contributed by atoms with Gasteiger partial charge in [-0.05, 0) is 51.9 Å². The Morgan fingerprint density at radius 3 is 2.88 bits per heavy atom. The number of nitrogens with one attached hydrogen (secondary N) is 1. The van der Waals surface area contributed by atoms with E-state index in [2.05, 4.69) is 23.6 Å². The Morgan fingerprint density at radius 1 is 1.33 bits per heavy atom. The molecule has 3 rings (SSSR count). The molecule has 0 spiro atoms. The number of para-hydroxylation sites is 1. The van der Waals surface area contributed by atoms with Crippen LogP contribution >= 0.6 is 0 Å². The standard InChI is InChI=1S/C18H24N4O2/c1-13-7-4-5-9-15(13)22-16-10-6-8-14(16)17(19-22)18(23)20-24-12-11-21(2)3/h4-5,7,9H,6,8,10-12H2,1-3H3,(H,20,23). The second-order valence-corrected chi connectivity index (χ2v) is 6.41. The van der Waals surface area contributed by atoms with Crippen LogP contribution in [0.4, 0.5) is 0 Å². The maximum absolute atomic E-state index is 12.5. The van der Waals surface area contributed by atoms with Gasteiger partial charge in [-0.3, -0.25) is 9.63 Å². The number of nitrogens with zero attached hydrogens (tertiary/aromatic N) is 3. The van der Waals surface area contributed by atoms with Crippen molar-refractivity contribution in [1.82, 2.24) is 20.2 Å². The summed E-state index contributed by atoms with van der Waals surface area (Å²) in [7, 11) is 3.92. The van der Waals surface area contributed by atoms with Gasteiger partial charge in [-0.15, -0.1) is 0 Å². The SMILES string of the molecule is Cc1ccccc1-n1nc(C(=O)NOCCN(C)C)c2c1CCC2. The van der Waals surface area contributed by atoms with Gasteiger partial charge in [0.05, 0.1) is 12.3 Å². The van der Waals surface area contributed by atoms with Crippen LogP contribution in [0.15, 0.2) is 24.3 Å². The van der Waals surface area contributed by atoms with E-state index in [1.165, 1.54) is 0 Å². The van der Waals surface area contributed by atoms with Gasteiger partial charge in [0.25, 0.3) is 5.91 Å². The predicted octanol–water partition coefficient (Wildman–Crippen LogP) is 1.89. The van der Waals surface area contributed by atoms with Crippen molar-refractivity contribution in [3.8, 4) is 5.69 Å². The van der Waals surface area contributed by atoms with Crippen molar-refractivity contribution >= 4 is 5.91 Å². The van der Waals surface area contributed by atoms with E-state index >= 15 is 0 Å². The highest BCUT2D eigenvalue weighted by molar-refractivity contribution is 5.93. The zero-order chi connectivity index (χ0) is 17.1. The van der Waals surface area contributed by atoms with E-state index < -0.39 is 0 Å². The van der Waals surface area contributed by atoms with Crippen molar-refractivity contribution in [2.75, 3.05) is 27.2 Å². The number of amides is 1. The summed E-state index contributed by atoms with van der Waals surface area (Å²) in [4.78, 5) is 19.7. The van der Waals surface area contributed by atoms with E-state index in [4.69, 9.17) is 4.84 Å². The number of likely N-dealkylation sites (N-methyl/N-ethyl adjacent to an activating group) is 1. The summed E-state index contributed by atoms with van der Waals surface area (Å²) >= 11 is 0. The molecule has 24 heavy (non-hydrogen) atoms. The van der Waals surface area contributed by atoms with Crippen molar-refractivity contribution < 1.29 is 9.63 Å². The number of hydrogen-bond donors (Lipinski definition) is 1. The molecular weight excluding hydrogens is 304 g/mol. The highest BCUT2D eigenvalue weighted by Gasteiger charge is 2.27. The molecule has 0 unspecified atom stereocenters. The Kier molecular flexibility index (Phi) is 4.97. The van der Waals surface area contributed by atoms with Crippen molar-refractivity contribution in [2.24, 2.45) is 0 Å². The Balaban J connectivity index is 1.81. The zero-order valence-corrected chi connectivity index (χ0v) is 14.5. The average molecular weight is 328 g/mol. The largest absolute Gasteiger partial charge is 0.307 e. The summed E-state index contributed by atoms with van der Waals surface area (Å²) in [6.07, 6.45) is 2.90. The lowest BCUT2D eigenvalue weighted by molar-refractivity contribution is 0.0258. The Bertz CT molecular complexity index is 737. The van der Waals surface area contributed by atoms with Crippen LogP contribution in [-0.2, 0) is 17.7 Å². The van der Waals surface area contributed by atoms with Crippen LogP contribution in [0, 0.1) is 6.92 Å². The van der Waals surface area contributed by atoms with Gasteiger partial charge in [0.15, 0.2) is 5.69 Å². The van der Waals surface area contributed by atoms with Crippen LogP contribution in [-0.4, -0.2) is 47.8 Å². The van der Waals surface area contributed by atoms with Gasteiger partial charge in [0.2, 0.25) is 0 Å². The van der Waals surface area contributed by atoms with Crippen molar-refractivity contribution in [3.05, 3.63) is 46.8 Å². The summed E-state index contributed by atoms with van der Waals surface area (Å²) in [6, 6.07) is 8.10. The van der Waals surface area contributed by atoms with Crippen LogP contribution in [0.3, 0.4) is 0 Å². The van der Waals surface area contributed by atoms with Gasteiger partial charge >= 0.3 is 0 Å². The number of benzene rings is 1. The molecule has 6 nitrogen and oxygen atoms in total. The fraction of sp³-hybridized carbons (Fsp3) is 0.444. The molecule has 2 aromatic rings. The lowest BCUT2D eigenvalue weighted by Gasteiger charge is -2.10. The second kappa shape index (κ2) is 7.15. The molecule has 0 saturated heterocycles. The molecule has 1 aromatic heterocycles. The van der Waals surface area contributed by atoms with E-state index in [1.54, 1.807) is 0 Å². The molecule has 0 bridgehead atoms. The Labute approximate surface area is 142 Å². The molecule has 1 heterocycles. The molecular formula is C18H24N4O2. The molecule has 128 valence electrons. The maximum atomic E-state index is 12.5. The summed E-state index contributed by atoms with van der Waals surface area (Å²) in [5.41, 5.74) is 7.37. The van der Waals surface area contributed by atoms with Crippen molar-refractivity contribution in [1.29, 1.82) is 0 Å². The summed E-state index contributed by atoms with van der Waals surface area (Å²) in [6.45, 7) is 3.25. The predicted molar refractivity (Wildman–Crippen MR) is 92.3 cm³/mol. The first-order chi connectivity index (χ1) is 11.6. The van der Waals surface area contributed by atoms with E-state index in [-0.39, 0.29) is 5.91 Å². The van der Waals surface area contributed by atoms with Gasteiger partial charge in [-0.2, -0.15) is 5.10 Å². The molecule has 0 fully saturated rings. The highest BCUT2D eigenvalue weighted by Crippen LogP contribution is 2.28. The first kappa shape index (κ1) is 16.7. The summed E-state index contributed by atoms with van der Waals surface area (Å²) in [5.74, 6) is -0.265. The molecule has 1 aromatic carbocycles. The lowest BCUT2D eigenvalue weighted by Crippen LogP contribution is -2.29. The number of carbonyl (C=O) groups is 1. The van der Waals surface area contributed by atoms with E-state index in [0.29, 0.717) is 12.3 Å². The van der Waals surface area contributed by atoms with Gasteiger partial charge in [0.1, 0.15) is 0 Å². The summed E-state index contributed by atoms with van der Waals surface area (Å²) in [5, 5.41) is 4.59. The Hall–Kier alpha value is -2.18. The molecule has 1 aliphatic rings. The number of hydroxylamine groups is 1. The van der Waals surface area contributed by atoms with Crippen LogP contribution in [0.25, 0.3) is 5.69 Å². The number of aryl methyl sites for hydroxylation is 1. The third kappa shape index (κ3) is 3.34. The average Bonchev–Trinajstić information content (AvgIpc) is 3.14. The van der Waals surface area contributed by atoms with Crippen LogP contribution < -0.4 is 5.48 Å². The highest BCUT2D eigenvalue weighted by atomic mass is 16.7. The van der Waals surface area contributed by atoms with Gasteiger partial charge in [-0.25, -0.2) is 10.2 Å².